The van der Waals surface area contributed by atoms with Gasteiger partial charge < -0.3 is 4.42 Å². The number of rotatable bonds is 6. The van der Waals surface area contributed by atoms with E-state index in [0.29, 0.717) is 26.9 Å². The number of hydrogen-bond acceptors (Lipinski definition) is 4. The summed E-state index contributed by atoms with van der Waals surface area (Å²) in [5.74, 6) is -0.684. The third-order valence-electron chi connectivity index (χ3n) is 4.05. The first kappa shape index (κ1) is 19.7. The van der Waals surface area contributed by atoms with Crippen molar-refractivity contribution in [2.45, 2.75) is 12.2 Å². The molecule has 0 bridgehead atoms. The van der Waals surface area contributed by atoms with Gasteiger partial charge in [0.25, 0.3) is 0 Å². The molecule has 0 N–H and O–H groups in total. The smallest absolute Gasteiger partial charge is 0.213 e. The maximum Gasteiger partial charge on any atom is 0.213 e. The van der Waals surface area contributed by atoms with E-state index in [4.69, 9.17) is 27.6 Å². The van der Waals surface area contributed by atoms with Crippen molar-refractivity contribution in [3.8, 4) is 0 Å². The Hall–Kier alpha value is -2.08. The number of benzene rings is 2. The molecule has 1 aromatic heterocycles. The van der Waals surface area contributed by atoms with Gasteiger partial charge >= 0.3 is 0 Å². The molecule has 2 aromatic carbocycles. The van der Waals surface area contributed by atoms with Crippen LogP contribution >= 0.6 is 23.2 Å². The van der Waals surface area contributed by atoms with Gasteiger partial charge in [0.2, 0.25) is 5.78 Å². The second kappa shape index (κ2) is 7.89. The molecule has 0 aliphatic rings. The molecule has 0 saturated heterocycles. The number of hydrogen-bond donors (Lipinski definition) is 0. The maximum absolute atomic E-state index is 13.2. The van der Waals surface area contributed by atoms with Crippen LogP contribution in [0.25, 0.3) is 0 Å². The van der Waals surface area contributed by atoms with E-state index in [1.54, 1.807) is 61.5 Å². The Morgan fingerprint density at radius 2 is 1.37 bits per heavy atom. The Labute approximate surface area is 167 Å². The second-order valence-electron chi connectivity index (χ2n) is 6.12. The third-order valence-corrected chi connectivity index (χ3v) is 6.48. The Kier molecular flexibility index (Phi) is 5.75. The summed E-state index contributed by atoms with van der Waals surface area (Å²) < 4.78 is 31.6. The van der Waals surface area contributed by atoms with Gasteiger partial charge in [-0.25, -0.2) is 8.42 Å². The van der Waals surface area contributed by atoms with Crippen molar-refractivity contribution in [3.05, 3.63) is 93.4 Å². The fourth-order valence-electron chi connectivity index (χ4n) is 2.80. The van der Waals surface area contributed by atoms with E-state index in [1.165, 1.54) is 6.07 Å². The lowest BCUT2D eigenvalue weighted by Crippen LogP contribution is -2.23. The minimum Gasteiger partial charge on any atom is -0.458 e. The third kappa shape index (κ3) is 4.61. The molecule has 0 fully saturated rings. The highest BCUT2D eigenvalue weighted by molar-refractivity contribution is 7.92. The SMILES string of the molecule is Cc1ccc(C(=O)CS(=O)(=O)C(c2ccc(Cl)cc2)c2ccc(Cl)cc2)o1. The van der Waals surface area contributed by atoms with Gasteiger partial charge in [-0.05, 0) is 54.4 Å². The van der Waals surface area contributed by atoms with Crippen LogP contribution in [-0.4, -0.2) is 20.0 Å². The summed E-state index contributed by atoms with van der Waals surface area (Å²) in [6.45, 7) is 1.69. The van der Waals surface area contributed by atoms with Gasteiger partial charge in [0.15, 0.2) is 15.6 Å². The number of halogens is 2. The van der Waals surface area contributed by atoms with Crippen LogP contribution in [0.3, 0.4) is 0 Å². The Balaban J connectivity index is 2.01. The topological polar surface area (TPSA) is 64.3 Å². The van der Waals surface area contributed by atoms with Crippen LogP contribution in [0.1, 0.15) is 32.7 Å². The summed E-state index contributed by atoms with van der Waals surface area (Å²) in [7, 11) is -3.89. The quantitative estimate of drug-likeness (QED) is 0.506. The highest BCUT2D eigenvalue weighted by Crippen LogP contribution is 2.33. The molecule has 27 heavy (non-hydrogen) atoms. The van der Waals surface area contributed by atoms with Crippen molar-refractivity contribution < 1.29 is 17.6 Å². The Morgan fingerprint density at radius 3 is 1.78 bits per heavy atom. The molecule has 0 aliphatic heterocycles. The molecule has 3 aromatic rings. The minimum absolute atomic E-state index is 0.0297. The van der Waals surface area contributed by atoms with Crippen LogP contribution in [0.4, 0.5) is 0 Å². The second-order valence-corrected chi connectivity index (χ2v) is 9.08. The summed E-state index contributed by atoms with van der Waals surface area (Å²) in [4.78, 5) is 12.4. The summed E-state index contributed by atoms with van der Waals surface area (Å²) in [5, 5.41) is -0.0340. The van der Waals surface area contributed by atoms with Crippen LogP contribution < -0.4 is 0 Å². The largest absolute Gasteiger partial charge is 0.458 e. The first-order valence-corrected chi connectivity index (χ1v) is 10.6. The lowest BCUT2D eigenvalue weighted by atomic mass is 10.0. The van der Waals surface area contributed by atoms with E-state index in [9.17, 15) is 13.2 Å². The van der Waals surface area contributed by atoms with Crippen LogP contribution in [0.15, 0.2) is 65.1 Å². The minimum atomic E-state index is -3.89. The predicted octanol–water partition coefficient (Wildman–Crippen LogP) is 5.28. The Bertz CT molecular complexity index is 1010. The van der Waals surface area contributed by atoms with E-state index in [-0.39, 0.29) is 5.76 Å². The van der Waals surface area contributed by atoms with Gasteiger partial charge in [0.1, 0.15) is 16.8 Å². The fraction of sp³-hybridized carbons (Fsp3) is 0.150. The molecule has 0 spiro atoms. The molecule has 0 aliphatic carbocycles. The maximum atomic E-state index is 13.2. The van der Waals surface area contributed by atoms with E-state index in [2.05, 4.69) is 0 Å². The van der Waals surface area contributed by atoms with Gasteiger partial charge in [0.05, 0.1) is 0 Å². The van der Waals surface area contributed by atoms with Crippen LogP contribution in [0.5, 0.6) is 0 Å². The molecule has 140 valence electrons. The highest BCUT2D eigenvalue weighted by Gasteiger charge is 2.32. The molecule has 0 radical (unpaired) electrons. The van der Waals surface area contributed by atoms with E-state index in [0.717, 1.165) is 0 Å². The number of sulfone groups is 1. The molecule has 7 heteroatoms. The number of Topliss-reactive ketones (excluding diaryl/α,β-unsaturated/α-hetero) is 1. The zero-order valence-corrected chi connectivity index (χ0v) is 16.7. The van der Waals surface area contributed by atoms with Crippen LogP contribution in [0, 0.1) is 6.92 Å². The predicted molar refractivity (Wildman–Crippen MR) is 106 cm³/mol. The molecule has 4 nitrogen and oxygen atoms in total. The molecule has 0 atom stereocenters. The van der Waals surface area contributed by atoms with Crippen LogP contribution in [-0.2, 0) is 9.84 Å². The van der Waals surface area contributed by atoms with E-state index in [1.807, 2.05) is 0 Å². The number of carbonyl (C=O) groups is 1. The fourth-order valence-corrected chi connectivity index (χ4v) is 4.87. The van der Waals surface area contributed by atoms with E-state index < -0.39 is 26.6 Å². The first-order chi connectivity index (χ1) is 12.8. The van der Waals surface area contributed by atoms with Crippen molar-refractivity contribution in [3.63, 3.8) is 0 Å². The molecular weight excluding hydrogens is 407 g/mol. The van der Waals surface area contributed by atoms with Crippen LogP contribution in [0.2, 0.25) is 10.0 Å². The normalized spacial score (nSPS) is 11.7. The van der Waals surface area contributed by atoms with Crippen molar-refractivity contribution in [1.29, 1.82) is 0 Å². The lowest BCUT2D eigenvalue weighted by Gasteiger charge is -2.18. The number of carbonyl (C=O) groups excluding carboxylic acids is 1. The zero-order valence-electron chi connectivity index (χ0n) is 14.4. The van der Waals surface area contributed by atoms with Gasteiger partial charge in [-0.1, -0.05) is 47.5 Å². The van der Waals surface area contributed by atoms with Gasteiger partial charge in [-0.2, -0.15) is 0 Å². The molecule has 0 amide bonds. The van der Waals surface area contributed by atoms with E-state index >= 15 is 0 Å². The summed E-state index contributed by atoms with van der Waals surface area (Å²) in [6.07, 6.45) is 0. The summed E-state index contributed by atoms with van der Waals surface area (Å²) in [5.41, 5.74) is 1.04. The summed E-state index contributed by atoms with van der Waals surface area (Å²) in [6, 6.07) is 16.1. The van der Waals surface area contributed by atoms with Crippen molar-refractivity contribution >= 4 is 38.8 Å². The average Bonchev–Trinajstić information content (AvgIpc) is 3.05. The monoisotopic (exact) mass is 422 g/mol. The average molecular weight is 423 g/mol. The van der Waals surface area contributed by atoms with Crippen molar-refractivity contribution in [2.75, 3.05) is 5.75 Å². The first-order valence-electron chi connectivity index (χ1n) is 8.08. The molecule has 3 rings (SSSR count). The number of aryl methyl sites for hydroxylation is 1. The molecule has 0 saturated carbocycles. The molecular formula is C20H16Cl2O4S. The number of furan rings is 1. The van der Waals surface area contributed by atoms with Gasteiger partial charge in [-0.3, -0.25) is 4.79 Å². The number of ketones is 1. The van der Waals surface area contributed by atoms with Gasteiger partial charge in [0, 0.05) is 10.0 Å². The summed E-state index contributed by atoms with van der Waals surface area (Å²) >= 11 is 11.9. The Morgan fingerprint density at radius 1 is 0.889 bits per heavy atom. The van der Waals surface area contributed by atoms with Crippen molar-refractivity contribution in [2.24, 2.45) is 0 Å². The highest BCUT2D eigenvalue weighted by atomic mass is 35.5. The zero-order chi connectivity index (χ0) is 19.6. The molecule has 0 unspecified atom stereocenters. The molecule has 1 heterocycles. The van der Waals surface area contributed by atoms with Gasteiger partial charge in [-0.15, -0.1) is 0 Å². The van der Waals surface area contributed by atoms with Crippen molar-refractivity contribution in [1.82, 2.24) is 0 Å². The lowest BCUT2D eigenvalue weighted by molar-refractivity contribution is 0.0989. The standard InChI is InChI=1S/C20H16Cl2O4S/c1-13-2-11-19(26-13)18(23)12-27(24,25)20(14-3-7-16(21)8-4-14)15-5-9-17(22)10-6-15/h2-11,20H,12H2,1H3.